The van der Waals surface area contributed by atoms with Gasteiger partial charge in [-0.15, -0.1) is 0 Å². The van der Waals surface area contributed by atoms with E-state index in [-0.39, 0.29) is 0 Å². The van der Waals surface area contributed by atoms with Crippen molar-refractivity contribution in [3.63, 3.8) is 0 Å². The molecule has 0 spiro atoms. The van der Waals surface area contributed by atoms with E-state index >= 15 is 0 Å². The Morgan fingerprint density at radius 2 is 2.00 bits per heavy atom. The quantitative estimate of drug-likeness (QED) is 0.863. The second-order valence-electron chi connectivity index (χ2n) is 3.80. The maximum atomic E-state index is 5.63. The molecule has 0 heterocycles. The highest BCUT2D eigenvalue weighted by atomic mass is 79.9. The fraction of sp³-hybridized carbons (Fsp3) is 0.455. The molecule has 2 heteroatoms. The highest BCUT2D eigenvalue weighted by Crippen LogP contribution is 2.52. The average molecular weight is 240 g/mol. The van der Waals surface area contributed by atoms with Crippen molar-refractivity contribution in [1.82, 2.24) is 0 Å². The zero-order valence-corrected chi connectivity index (χ0v) is 9.18. The molecule has 1 saturated carbocycles. The van der Waals surface area contributed by atoms with Gasteiger partial charge in [-0.3, -0.25) is 0 Å². The molecule has 0 saturated heterocycles. The van der Waals surface area contributed by atoms with Gasteiger partial charge >= 0.3 is 0 Å². The van der Waals surface area contributed by atoms with Crippen molar-refractivity contribution in [2.45, 2.75) is 24.7 Å². The van der Waals surface area contributed by atoms with Crippen LogP contribution >= 0.6 is 15.9 Å². The average Bonchev–Trinajstić information content (AvgIpc) is 2.87. The molecule has 0 aliphatic heterocycles. The second-order valence-corrected chi connectivity index (χ2v) is 4.65. The highest BCUT2D eigenvalue weighted by molar-refractivity contribution is 9.10. The summed E-state index contributed by atoms with van der Waals surface area (Å²) in [6, 6.07) is 8.50. The molecule has 0 unspecified atom stereocenters. The highest BCUT2D eigenvalue weighted by Gasteiger charge is 2.44. The lowest BCUT2D eigenvalue weighted by molar-refractivity contribution is 0.626. The number of rotatable bonds is 3. The molecule has 0 bridgehead atoms. The van der Waals surface area contributed by atoms with Gasteiger partial charge in [0.2, 0.25) is 0 Å². The van der Waals surface area contributed by atoms with Crippen LogP contribution in [-0.4, -0.2) is 6.54 Å². The van der Waals surface area contributed by atoms with Crippen molar-refractivity contribution >= 4 is 15.9 Å². The number of hydrogen-bond acceptors (Lipinski definition) is 1. The van der Waals surface area contributed by atoms with Crippen LogP contribution in [0.1, 0.15) is 24.8 Å². The van der Waals surface area contributed by atoms with E-state index in [0.29, 0.717) is 5.41 Å². The van der Waals surface area contributed by atoms with Crippen LogP contribution in [0.3, 0.4) is 0 Å². The van der Waals surface area contributed by atoms with Gasteiger partial charge in [-0.05, 0) is 42.9 Å². The Morgan fingerprint density at radius 1 is 1.31 bits per heavy atom. The maximum Gasteiger partial charge on any atom is 0.0212 e. The zero-order chi connectivity index (χ0) is 9.31. The molecule has 2 rings (SSSR count). The van der Waals surface area contributed by atoms with Crippen LogP contribution in [0.4, 0.5) is 0 Å². The van der Waals surface area contributed by atoms with Crippen molar-refractivity contribution in [2.75, 3.05) is 6.54 Å². The van der Waals surface area contributed by atoms with Crippen molar-refractivity contribution in [1.29, 1.82) is 0 Å². The molecule has 1 fully saturated rings. The van der Waals surface area contributed by atoms with Gasteiger partial charge in [0.15, 0.2) is 0 Å². The minimum absolute atomic E-state index is 0.412. The van der Waals surface area contributed by atoms with Gasteiger partial charge in [0, 0.05) is 4.47 Å². The summed E-state index contributed by atoms with van der Waals surface area (Å²) in [4.78, 5) is 0. The fourth-order valence-electron chi connectivity index (χ4n) is 1.97. The van der Waals surface area contributed by atoms with Crippen molar-refractivity contribution < 1.29 is 0 Å². The molecule has 1 nitrogen and oxygen atoms in total. The van der Waals surface area contributed by atoms with Crippen molar-refractivity contribution in [3.8, 4) is 0 Å². The molecule has 0 aromatic heterocycles. The predicted molar refractivity (Wildman–Crippen MR) is 58.7 cm³/mol. The van der Waals surface area contributed by atoms with Crippen LogP contribution < -0.4 is 5.73 Å². The van der Waals surface area contributed by atoms with Crippen LogP contribution in [0.15, 0.2) is 28.7 Å². The molecule has 2 N–H and O–H groups in total. The molecule has 1 aliphatic carbocycles. The molecular weight excluding hydrogens is 226 g/mol. The van der Waals surface area contributed by atoms with Crippen LogP contribution in [0.5, 0.6) is 0 Å². The lowest BCUT2D eigenvalue weighted by atomic mass is 9.93. The summed E-state index contributed by atoms with van der Waals surface area (Å²) in [6.07, 6.45) is 3.72. The summed E-state index contributed by atoms with van der Waals surface area (Å²) in [7, 11) is 0. The van der Waals surface area contributed by atoms with Crippen LogP contribution in [-0.2, 0) is 5.41 Å². The molecule has 1 aliphatic rings. The molecule has 70 valence electrons. The molecule has 0 radical (unpaired) electrons. The van der Waals surface area contributed by atoms with Gasteiger partial charge in [-0.25, -0.2) is 0 Å². The summed E-state index contributed by atoms with van der Waals surface area (Å²) in [5.74, 6) is 0. The zero-order valence-electron chi connectivity index (χ0n) is 7.59. The fourth-order valence-corrected chi connectivity index (χ4v) is 2.68. The number of hydrogen-bond donors (Lipinski definition) is 1. The van der Waals surface area contributed by atoms with E-state index in [4.69, 9.17) is 5.73 Å². The van der Waals surface area contributed by atoms with Crippen LogP contribution in [0.2, 0.25) is 0 Å². The van der Waals surface area contributed by atoms with Gasteiger partial charge in [0.25, 0.3) is 0 Å². The van der Waals surface area contributed by atoms with E-state index < -0.39 is 0 Å². The molecule has 1 aromatic carbocycles. The summed E-state index contributed by atoms with van der Waals surface area (Å²) >= 11 is 3.60. The largest absolute Gasteiger partial charge is 0.330 e. The SMILES string of the molecule is NCCC1(c2ccccc2Br)CC1. The van der Waals surface area contributed by atoms with Gasteiger partial charge < -0.3 is 5.73 Å². The Kier molecular flexibility index (Phi) is 2.43. The van der Waals surface area contributed by atoms with E-state index in [9.17, 15) is 0 Å². The summed E-state index contributed by atoms with van der Waals surface area (Å²) in [5.41, 5.74) is 7.48. The van der Waals surface area contributed by atoms with Gasteiger partial charge in [0.05, 0.1) is 0 Å². The third-order valence-corrected chi connectivity index (χ3v) is 3.61. The Hall–Kier alpha value is -0.340. The monoisotopic (exact) mass is 239 g/mol. The van der Waals surface area contributed by atoms with E-state index in [1.165, 1.54) is 22.9 Å². The Labute approximate surface area is 87.5 Å². The molecule has 1 aromatic rings. The third kappa shape index (κ3) is 1.65. The lowest BCUT2D eigenvalue weighted by Gasteiger charge is -2.15. The maximum absolute atomic E-state index is 5.63. The third-order valence-electron chi connectivity index (χ3n) is 2.92. The first-order valence-electron chi connectivity index (χ1n) is 4.74. The Morgan fingerprint density at radius 3 is 2.54 bits per heavy atom. The Bertz CT molecular complexity index is 305. The van der Waals surface area contributed by atoms with Gasteiger partial charge in [-0.1, -0.05) is 34.1 Å². The van der Waals surface area contributed by atoms with Gasteiger partial charge in [-0.2, -0.15) is 0 Å². The van der Waals surface area contributed by atoms with E-state index in [1.54, 1.807) is 0 Å². The molecule has 0 amide bonds. The predicted octanol–water partition coefficient (Wildman–Crippen LogP) is 2.83. The van der Waals surface area contributed by atoms with Crippen molar-refractivity contribution in [2.24, 2.45) is 5.73 Å². The summed E-state index contributed by atoms with van der Waals surface area (Å²) in [6.45, 7) is 0.793. The Balaban J connectivity index is 2.30. The number of nitrogens with two attached hydrogens (primary N) is 1. The van der Waals surface area contributed by atoms with Crippen LogP contribution in [0.25, 0.3) is 0 Å². The first-order valence-corrected chi connectivity index (χ1v) is 5.53. The standard InChI is InChI=1S/C11H14BrN/c12-10-4-2-1-3-9(10)11(5-6-11)7-8-13/h1-4H,5-8,13H2. The normalized spacial score (nSPS) is 18.6. The smallest absolute Gasteiger partial charge is 0.0212 e. The second kappa shape index (κ2) is 3.43. The van der Waals surface area contributed by atoms with E-state index in [1.807, 2.05) is 0 Å². The van der Waals surface area contributed by atoms with Gasteiger partial charge in [0.1, 0.15) is 0 Å². The lowest BCUT2D eigenvalue weighted by Crippen LogP contribution is -2.13. The van der Waals surface area contributed by atoms with Crippen molar-refractivity contribution in [3.05, 3.63) is 34.3 Å². The van der Waals surface area contributed by atoms with E-state index in [2.05, 4.69) is 40.2 Å². The first kappa shape index (κ1) is 9.22. The summed E-state index contributed by atoms with van der Waals surface area (Å²) < 4.78 is 1.24. The van der Waals surface area contributed by atoms with E-state index in [0.717, 1.165) is 13.0 Å². The molecule has 0 atom stereocenters. The first-order chi connectivity index (χ1) is 6.28. The molecule has 13 heavy (non-hydrogen) atoms. The number of halogens is 1. The topological polar surface area (TPSA) is 26.0 Å². The summed E-state index contributed by atoms with van der Waals surface area (Å²) in [5, 5.41) is 0. The van der Waals surface area contributed by atoms with Crippen LogP contribution in [0, 0.1) is 0 Å². The number of benzene rings is 1. The molecular formula is C11H14BrN. The minimum atomic E-state index is 0.412. The minimum Gasteiger partial charge on any atom is -0.330 e.